The van der Waals surface area contributed by atoms with Crippen molar-refractivity contribution in [2.75, 3.05) is 40.3 Å². The first kappa shape index (κ1) is 37.5. The van der Waals surface area contributed by atoms with Gasteiger partial charge < -0.3 is 44.5 Å². The monoisotopic (exact) mass is 736 g/mol. The molecule has 3 aromatic carbocycles. The van der Waals surface area contributed by atoms with Crippen LogP contribution in [0, 0.1) is 5.92 Å². The number of rotatable bonds is 12. The van der Waals surface area contributed by atoms with Crippen molar-refractivity contribution in [1.29, 1.82) is 0 Å². The molecule has 2 amide bonds. The number of amides is 2. The molecule has 3 aromatic rings. The number of hydrogen-bond donors (Lipinski definition) is 4. The summed E-state index contributed by atoms with van der Waals surface area (Å²) in [6, 6.07) is 11.7. The topological polar surface area (TPSA) is 196 Å². The van der Waals surface area contributed by atoms with Crippen LogP contribution < -0.4 is 29.6 Å². The van der Waals surface area contributed by atoms with Gasteiger partial charge in [-0.05, 0) is 42.0 Å². The van der Waals surface area contributed by atoms with E-state index in [1.165, 1.54) is 77.0 Å². The van der Waals surface area contributed by atoms with Gasteiger partial charge in [0.2, 0.25) is 23.2 Å². The van der Waals surface area contributed by atoms with Crippen molar-refractivity contribution < 1.29 is 57.9 Å². The minimum atomic E-state index is -2.10. The Morgan fingerprint density at radius 1 is 0.942 bits per heavy atom. The van der Waals surface area contributed by atoms with E-state index in [0.717, 1.165) is 0 Å². The van der Waals surface area contributed by atoms with Crippen molar-refractivity contribution >= 4 is 46.6 Å². The Balaban J connectivity index is 1.44. The molecule has 4 N–H and O–H groups in total. The molecule has 52 heavy (non-hydrogen) atoms. The Morgan fingerprint density at radius 2 is 1.62 bits per heavy atom. The highest BCUT2D eigenvalue weighted by Gasteiger charge is 2.61. The number of fused-ring (bicyclic) bond motifs is 1. The van der Waals surface area contributed by atoms with Gasteiger partial charge in [0.05, 0.1) is 34.0 Å². The van der Waals surface area contributed by atoms with E-state index in [-0.39, 0.29) is 64.3 Å². The number of carbonyl (C=O) groups excluding carboxylic acids is 5. The lowest BCUT2D eigenvalue weighted by molar-refractivity contribution is -0.122. The maximum atomic E-state index is 14.3. The Hall–Kier alpha value is -5.76. The van der Waals surface area contributed by atoms with Crippen LogP contribution in [-0.4, -0.2) is 80.1 Å². The van der Waals surface area contributed by atoms with Crippen molar-refractivity contribution in [3.8, 4) is 28.7 Å². The van der Waals surface area contributed by atoms with Crippen LogP contribution in [0.5, 0.6) is 28.7 Å². The Morgan fingerprint density at radius 3 is 2.25 bits per heavy atom. The standard InChI is InChI=1S/C37H37ClN2O12/c1-18-14-24(42)30(34(45)37(18)35(46)31-26(49-3)17-27(50-4)32(38)33(31)52-37)22(20-8-11-23(41)25(15-20)48-2)16-29(44)39-13-12-28(43)40-21-9-6-19(7-10-21)36(47)51-5/h6-11,15,17-18,22,41,45H,12-14,16H2,1-5H3,(H,39,44)(H,40,43)/t18-,22?,37+/m1/s1. The van der Waals surface area contributed by atoms with Crippen LogP contribution in [-0.2, 0) is 19.1 Å². The number of halogens is 1. The van der Waals surface area contributed by atoms with Crippen LogP contribution in [0.15, 0.2) is 59.9 Å². The lowest BCUT2D eigenvalue weighted by Crippen LogP contribution is -2.53. The average Bonchev–Trinajstić information content (AvgIpc) is 3.45. The molecule has 3 atom stereocenters. The van der Waals surface area contributed by atoms with Crippen LogP contribution in [0.2, 0.25) is 5.02 Å². The number of phenols is 1. The molecule has 15 heteroatoms. The van der Waals surface area contributed by atoms with Crippen molar-refractivity contribution in [2.45, 2.75) is 37.7 Å². The summed E-state index contributed by atoms with van der Waals surface area (Å²) in [5, 5.41) is 27.7. The molecule has 14 nitrogen and oxygen atoms in total. The van der Waals surface area contributed by atoms with E-state index >= 15 is 0 Å². The van der Waals surface area contributed by atoms with Gasteiger partial charge in [-0.1, -0.05) is 24.6 Å². The van der Waals surface area contributed by atoms with Gasteiger partial charge in [0, 0.05) is 55.0 Å². The van der Waals surface area contributed by atoms with E-state index in [1.54, 1.807) is 6.92 Å². The zero-order chi connectivity index (χ0) is 37.9. The second-order valence-electron chi connectivity index (χ2n) is 12.2. The zero-order valence-electron chi connectivity index (χ0n) is 29.0. The molecule has 0 saturated carbocycles. The highest BCUT2D eigenvalue weighted by Crippen LogP contribution is 2.56. The first-order valence-electron chi connectivity index (χ1n) is 16.1. The third kappa shape index (κ3) is 6.81. The summed E-state index contributed by atoms with van der Waals surface area (Å²) in [6.07, 6.45) is -0.786. The number of esters is 1. The molecule has 0 saturated heterocycles. The summed E-state index contributed by atoms with van der Waals surface area (Å²) in [7, 11) is 5.30. The van der Waals surface area contributed by atoms with Gasteiger partial charge in [0.25, 0.3) is 0 Å². The van der Waals surface area contributed by atoms with Gasteiger partial charge in [0.15, 0.2) is 28.8 Å². The van der Waals surface area contributed by atoms with Crippen LogP contribution in [0.3, 0.4) is 0 Å². The predicted molar refractivity (Wildman–Crippen MR) is 187 cm³/mol. The lowest BCUT2D eigenvalue weighted by Gasteiger charge is -2.38. The number of Topliss-reactive ketones (excluding diaryl/α,β-unsaturated/α-hetero) is 2. The summed E-state index contributed by atoms with van der Waals surface area (Å²) in [6.45, 7) is 1.49. The molecule has 0 radical (unpaired) electrons. The molecule has 274 valence electrons. The van der Waals surface area contributed by atoms with E-state index in [4.69, 9.17) is 30.5 Å². The van der Waals surface area contributed by atoms with E-state index in [9.17, 15) is 34.2 Å². The largest absolute Gasteiger partial charge is 0.507 e. The highest BCUT2D eigenvalue weighted by molar-refractivity contribution is 6.35. The van der Waals surface area contributed by atoms with Gasteiger partial charge in [-0.15, -0.1) is 0 Å². The van der Waals surface area contributed by atoms with Gasteiger partial charge in [-0.3, -0.25) is 19.2 Å². The normalized spacial score (nSPS) is 18.3. The first-order valence-corrected chi connectivity index (χ1v) is 16.5. The Kier molecular flexibility index (Phi) is 11.0. The number of carbonyl (C=O) groups is 5. The maximum absolute atomic E-state index is 14.3. The third-order valence-electron chi connectivity index (χ3n) is 9.12. The SMILES string of the molecule is COC(=O)c1ccc(NC(=O)CCNC(=O)CC(C2=C(O)[C@@]3(Oc4c(Cl)c(OC)cc(OC)c4C3=O)[C@H](C)CC2=O)c2ccc(O)c(OC)c2)cc1. The molecule has 0 aromatic heterocycles. The quantitative estimate of drug-likeness (QED) is 0.184. The molecule has 1 aliphatic heterocycles. The highest BCUT2D eigenvalue weighted by atomic mass is 35.5. The maximum Gasteiger partial charge on any atom is 0.337 e. The number of allylic oxidation sites excluding steroid dienone is 1. The molecule has 0 fully saturated rings. The first-order chi connectivity index (χ1) is 24.8. The Labute approximate surface area is 303 Å². The van der Waals surface area contributed by atoms with E-state index in [0.29, 0.717) is 16.8 Å². The number of methoxy groups -OCH3 is 4. The second kappa shape index (κ2) is 15.2. The van der Waals surface area contributed by atoms with E-state index < -0.39 is 59.0 Å². The minimum Gasteiger partial charge on any atom is -0.507 e. The van der Waals surface area contributed by atoms with E-state index in [1.807, 2.05) is 0 Å². The van der Waals surface area contributed by atoms with Gasteiger partial charge in [-0.25, -0.2) is 4.79 Å². The Bertz CT molecular complexity index is 1980. The predicted octanol–water partition coefficient (Wildman–Crippen LogP) is 4.91. The zero-order valence-corrected chi connectivity index (χ0v) is 29.7. The van der Waals surface area contributed by atoms with Crippen molar-refractivity contribution in [2.24, 2.45) is 5.92 Å². The summed E-state index contributed by atoms with van der Waals surface area (Å²) >= 11 is 6.57. The fourth-order valence-corrected chi connectivity index (χ4v) is 6.70. The van der Waals surface area contributed by atoms with Crippen molar-refractivity contribution in [1.82, 2.24) is 5.32 Å². The summed E-state index contributed by atoms with van der Waals surface area (Å²) in [4.78, 5) is 65.9. The lowest BCUT2D eigenvalue weighted by atomic mass is 9.69. The minimum absolute atomic E-state index is 0.0369. The van der Waals surface area contributed by atoms with Crippen molar-refractivity contribution in [3.63, 3.8) is 0 Å². The van der Waals surface area contributed by atoms with Crippen LogP contribution in [0.4, 0.5) is 5.69 Å². The molecule has 1 unspecified atom stereocenters. The summed E-state index contributed by atoms with van der Waals surface area (Å²) in [5.74, 6) is -5.55. The molecule has 5 rings (SSSR count). The number of anilines is 1. The number of hydrogen-bond acceptors (Lipinski definition) is 12. The fourth-order valence-electron chi connectivity index (χ4n) is 6.44. The number of benzene rings is 3. The number of phenolic OH excluding ortho intramolecular Hbond substituents is 1. The van der Waals surface area contributed by atoms with Crippen molar-refractivity contribution in [3.05, 3.63) is 81.6 Å². The molecule has 1 spiro atoms. The summed E-state index contributed by atoms with van der Waals surface area (Å²) < 4.78 is 27.0. The number of ketones is 2. The summed E-state index contributed by atoms with van der Waals surface area (Å²) in [5.41, 5.74) is -1.36. The molecular formula is C37H37ClN2O12. The van der Waals surface area contributed by atoms with E-state index in [2.05, 4.69) is 15.4 Å². The number of ether oxygens (including phenoxy) is 5. The average molecular weight is 737 g/mol. The number of nitrogens with one attached hydrogen (secondary N) is 2. The number of aliphatic hydroxyl groups excluding tert-OH is 1. The second-order valence-corrected chi connectivity index (χ2v) is 12.5. The smallest absolute Gasteiger partial charge is 0.337 e. The number of aliphatic hydroxyl groups is 1. The third-order valence-corrected chi connectivity index (χ3v) is 9.48. The molecule has 1 aliphatic carbocycles. The molecule has 1 heterocycles. The molecular weight excluding hydrogens is 700 g/mol. The fraction of sp³-hybridized carbons (Fsp3) is 0.324. The van der Waals surface area contributed by atoms with Crippen LogP contribution >= 0.6 is 11.6 Å². The van der Waals surface area contributed by atoms with Gasteiger partial charge in [-0.2, -0.15) is 0 Å². The molecule has 2 aliphatic rings. The van der Waals surface area contributed by atoms with Gasteiger partial charge in [0.1, 0.15) is 22.1 Å². The number of aromatic hydroxyl groups is 1. The van der Waals surface area contributed by atoms with Crippen LogP contribution in [0.1, 0.15) is 58.4 Å². The molecule has 0 bridgehead atoms. The van der Waals surface area contributed by atoms with Gasteiger partial charge >= 0.3 is 5.97 Å². The van der Waals surface area contributed by atoms with Crippen LogP contribution in [0.25, 0.3) is 0 Å².